The molecule has 0 saturated carbocycles. The number of carbonyl (C=O) groups excluding carboxylic acids is 1. The van der Waals surface area contributed by atoms with E-state index in [9.17, 15) is 4.79 Å². The van der Waals surface area contributed by atoms with E-state index in [2.05, 4.69) is 4.98 Å². The first kappa shape index (κ1) is 23.7. The van der Waals surface area contributed by atoms with E-state index in [-0.39, 0.29) is 24.6 Å². The second-order valence-corrected chi connectivity index (χ2v) is 8.35. The zero-order valence-corrected chi connectivity index (χ0v) is 19.8. The molecule has 0 atom stereocenters. The molecular weight excluding hydrogens is 428 g/mol. The topological polar surface area (TPSA) is 64.8 Å². The number of hydrogen-bond acceptors (Lipinski definition) is 5. The lowest BCUT2D eigenvalue weighted by Gasteiger charge is -2.30. The van der Waals surface area contributed by atoms with Crippen LogP contribution in [0, 0.1) is 0 Å². The molecule has 2 aromatic carbocycles. The Kier molecular flexibility index (Phi) is 7.80. The van der Waals surface area contributed by atoms with Crippen LogP contribution < -0.4 is 9.47 Å². The number of carbonyl (C=O) groups is 1. The smallest absolute Gasteiger partial charge is 0.260 e. The average molecular weight is 457 g/mol. The molecule has 0 unspecified atom stereocenters. The Hall–Kier alpha value is -2.99. The summed E-state index contributed by atoms with van der Waals surface area (Å²) in [6.45, 7) is 10.3. The van der Waals surface area contributed by atoms with Gasteiger partial charge >= 0.3 is 0 Å². The standard InChI is InChI=1S/C25H29ClN2O4/c1-6-30-23-13-18(8-12-24-27-20-14-19(26)9-11-21(20)32-24)7-10-22(23)31-15-25(29)28(16(2)3)17(4)5/h7-14,16-17H,6,15H2,1-5H3/b12-8-. The molecule has 7 heteroatoms. The maximum absolute atomic E-state index is 12.6. The highest BCUT2D eigenvalue weighted by Gasteiger charge is 2.21. The average Bonchev–Trinajstić information content (AvgIpc) is 3.13. The van der Waals surface area contributed by atoms with Crippen LogP contribution in [0.2, 0.25) is 5.02 Å². The lowest BCUT2D eigenvalue weighted by Crippen LogP contribution is -2.44. The zero-order valence-electron chi connectivity index (χ0n) is 19.1. The number of rotatable bonds is 9. The van der Waals surface area contributed by atoms with Gasteiger partial charge in [0.15, 0.2) is 23.7 Å². The molecule has 0 saturated heterocycles. The van der Waals surface area contributed by atoms with Crippen molar-refractivity contribution in [3.8, 4) is 11.5 Å². The molecule has 3 aromatic rings. The van der Waals surface area contributed by atoms with Gasteiger partial charge in [0.1, 0.15) is 5.52 Å². The predicted molar refractivity (Wildman–Crippen MR) is 128 cm³/mol. The summed E-state index contributed by atoms with van der Waals surface area (Å²) in [6.07, 6.45) is 3.66. The van der Waals surface area contributed by atoms with Gasteiger partial charge in [-0.1, -0.05) is 17.7 Å². The summed E-state index contributed by atoms with van der Waals surface area (Å²) in [5.74, 6) is 1.53. The Morgan fingerprint density at radius 1 is 1.06 bits per heavy atom. The number of aromatic nitrogens is 1. The second kappa shape index (κ2) is 10.6. The molecule has 0 bridgehead atoms. The van der Waals surface area contributed by atoms with Gasteiger partial charge in [-0.05, 0) is 76.6 Å². The molecule has 1 aromatic heterocycles. The summed E-state index contributed by atoms with van der Waals surface area (Å²) < 4.78 is 17.3. The summed E-state index contributed by atoms with van der Waals surface area (Å²) in [6, 6.07) is 11.1. The van der Waals surface area contributed by atoms with Crippen molar-refractivity contribution in [2.24, 2.45) is 0 Å². The number of halogens is 1. The van der Waals surface area contributed by atoms with Crippen molar-refractivity contribution >= 4 is 40.8 Å². The van der Waals surface area contributed by atoms with E-state index in [0.29, 0.717) is 40.1 Å². The molecule has 0 N–H and O–H groups in total. The third kappa shape index (κ3) is 5.82. The molecule has 0 fully saturated rings. The summed E-state index contributed by atoms with van der Waals surface area (Å²) in [7, 11) is 0. The van der Waals surface area contributed by atoms with Gasteiger partial charge in [-0.3, -0.25) is 4.79 Å². The van der Waals surface area contributed by atoms with Crippen LogP contribution >= 0.6 is 11.6 Å². The van der Waals surface area contributed by atoms with Gasteiger partial charge in [-0.2, -0.15) is 0 Å². The molecule has 3 rings (SSSR count). The lowest BCUT2D eigenvalue weighted by molar-refractivity contribution is -0.137. The van der Waals surface area contributed by atoms with E-state index in [1.54, 1.807) is 30.3 Å². The summed E-state index contributed by atoms with van der Waals surface area (Å²) in [5.41, 5.74) is 2.27. The van der Waals surface area contributed by atoms with Crippen LogP contribution in [0.5, 0.6) is 11.5 Å². The van der Waals surface area contributed by atoms with E-state index in [1.807, 2.05) is 57.7 Å². The molecule has 1 heterocycles. The van der Waals surface area contributed by atoms with Crippen molar-refractivity contribution in [3.05, 3.63) is 52.9 Å². The van der Waals surface area contributed by atoms with Gasteiger partial charge in [0.2, 0.25) is 5.89 Å². The highest BCUT2D eigenvalue weighted by molar-refractivity contribution is 6.31. The Labute approximate surface area is 193 Å². The first-order valence-corrected chi connectivity index (χ1v) is 11.1. The van der Waals surface area contributed by atoms with Crippen molar-refractivity contribution in [1.82, 2.24) is 9.88 Å². The maximum Gasteiger partial charge on any atom is 0.260 e. The summed E-state index contributed by atoms with van der Waals surface area (Å²) >= 11 is 6.01. The molecule has 6 nitrogen and oxygen atoms in total. The minimum atomic E-state index is -0.0579. The highest BCUT2D eigenvalue weighted by atomic mass is 35.5. The molecule has 0 aliphatic carbocycles. The lowest BCUT2D eigenvalue weighted by atomic mass is 10.2. The van der Waals surface area contributed by atoms with E-state index >= 15 is 0 Å². The van der Waals surface area contributed by atoms with E-state index in [4.69, 9.17) is 25.5 Å². The number of oxazole rings is 1. The number of nitrogens with zero attached hydrogens (tertiary/aromatic N) is 2. The number of amides is 1. The number of benzene rings is 2. The van der Waals surface area contributed by atoms with Gasteiger partial charge in [-0.25, -0.2) is 4.98 Å². The van der Waals surface area contributed by atoms with Crippen LogP contribution in [-0.4, -0.2) is 41.1 Å². The fourth-order valence-corrected chi connectivity index (χ4v) is 3.73. The van der Waals surface area contributed by atoms with Gasteiger partial charge in [-0.15, -0.1) is 0 Å². The Morgan fingerprint density at radius 2 is 1.81 bits per heavy atom. The summed E-state index contributed by atoms with van der Waals surface area (Å²) in [5, 5.41) is 0.613. The normalized spacial score (nSPS) is 11.6. The molecule has 0 radical (unpaired) electrons. The maximum atomic E-state index is 12.6. The van der Waals surface area contributed by atoms with Crippen LogP contribution in [-0.2, 0) is 4.79 Å². The van der Waals surface area contributed by atoms with Crippen LogP contribution in [0.4, 0.5) is 0 Å². The van der Waals surface area contributed by atoms with Crippen molar-refractivity contribution in [3.63, 3.8) is 0 Å². The molecular formula is C25H29ClN2O4. The number of ether oxygens (including phenoxy) is 2. The fourth-order valence-electron chi connectivity index (χ4n) is 3.56. The van der Waals surface area contributed by atoms with Gasteiger partial charge < -0.3 is 18.8 Å². The van der Waals surface area contributed by atoms with Crippen molar-refractivity contribution in [1.29, 1.82) is 0 Å². The minimum Gasteiger partial charge on any atom is -0.490 e. The van der Waals surface area contributed by atoms with E-state index in [0.717, 1.165) is 5.56 Å². The Balaban J connectivity index is 1.74. The van der Waals surface area contributed by atoms with Crippen LogP contribution in [0.25, 0.3) is 23.3 Å². The van der Waals surface area contributed by atoms with Gasteiger partial charge in [0, 0.05) is 23.2 Å². The fraction of sp³-hybridized carbons (Fsp3) is 0.360. The molecule has 170 valence electrons. The Morgan fingerprint density at radius 3 is 2.50 bits per heavy atom. The third-order valence-corrected chi connectivity index (χ3v) is 5.04. The number of hydrogen-bond donors (Lipinski definition) is 0. The van der Waals surface area contributed by atoms with E-state index < -0.39 is 0 Å². The molecule has 0 aliphatic rings. The largest absolute Gasteiger partial charge is 0.490 e. The van der Waals surface area contributed by atoms with Crippen LogP contribution in [0.3, 0.4) is 0 Å². The Bertz CT molecular complexity index is 1100. The van der Waals surface area contributed by atoms with Crippen molar-refractivity contribution in [2.75, 3.05) is 13.2 Å². The van der Waals surface area contributed by atoms with Gasteiger partial charge in [0.25, 0.3) is 5.91 Å². The minimum absolute atomic E-state index is 0.0446. The van der Waals surface area contributed by atoms with Crippen molar-refractivity contribution in [2.45, 2.75) is 46.7 Å². The SMILES string of the molecule is CCOc1cc(/C=C\c2nc3cc(Cl)ccc3o2)ccc1OCC(=O)N(C(C)C)C(C)C. The third-order valence-electron chi connectivity index (χ3n) is 4.80. The van der Waals surface area contributed by atoms with Crippen molar-refractivity contribution < 1.29 is 18.7 Å². The zero-order chi connectivity index (χ0) is 23.3. The quantitative estimate of drug-likeness (QED) is 0.390. The first-order valence-electron chi connectivity index (χ1n) is 10.7. The number of fused-ring (bicyclic) bond motifs is 1. The van der Waals surface area contributed by atoms with Crippen LogP contribution in [0.1, 0.15) is 46.1 Å². The molecule has 32 heavy (non-hydrogen) atoms. The predicted octanol–water partition coefficient (Wildman–Crippen LogP) is 6.07. The molecule has 0 aliphatic heterocycles. The van der Waals surface area contributed by atoms with E-state index in [1.165, 1.54) is 0 Å². The van der Waals surface area contributed by atoms with Crippen LogP contribution in [0.15, 0.2) is 40.8 Å². The first-order chi connectivity index (χ1) is 15.3. The molecule has 0 spiro atoms. The monoisotopic (exact) mass is 456 g/mol. The highest BCUT2D eigenvalue weighted by Crippen LogP contribution is 2.30. The molecule has 1 amide bonds. The second-order valence-electron chi connectivity index (χ2n) is 7.91. The summed E-state index contributed by atoms with van der Waals surface area (Å²) in [4.78, 5) is 18.8. The van der Waals surface area contributed by atoms with Gasteiger partial charge in [0.05, 0.1) is 6.61 Å².